The van der Waals surface area contributed by atoms with E-state index >= 15 is 0 Å². The number of carbonyl (C=O) groups is 2. The van der Waals surface area contributed by atoms with Crippen molar-refractivity contribution in [3.63, 3.8) is 0 Å². The molecule has 0 fully saturated rings. The minimum Gasteiger partial charge on any atom is -0.486 e. The van der Waals surface area contributed by atoms with Crippen molar-refractivity contribution in [1.29, 1.82) is 0 Å². The van der Waals surface area contributed by atoms with Crippen molar-refractivity contribution in [3.05, 3.63) is 63.3 Å². The number of hydrogen-bond acceptors (Lipinski definition) is 8. The first-order valence-electron chi connectivity index (χ1n) is 10.9. The summed E-state index contributed by atoms with van der Waals surface area (Å²) in [7, 11) is 0. The molecule has 3 rings (SSSR count). The average Bonchev–Trinajstić information content (AvgIpc) is 3.33. The molecule has 8 nitrogen and oxygen atoms in total. The molecule has 1 aromatic carbocycles. The van der Waals surface area contributed by atoms with Gasteiger partial charge in [0.05, 0.1) is 17.9 Å². The van der Waals surface area contributed by atoms with E-state index in [1.54, 1.807) is 25.1 Å². The molecular formula is C24H27ClN4O4S2. The molecule has 0 saturated carbocycles. The Kier molecular flexibility index (Phi) is 9.36. The number of benzene rings is 1. The van der Waals surface area contributed by atoms with Crippen molar-refractivity contribution < 1.29 is 19.1 Å². The Hall–Kier alpha value is -2.82. The van der Waals surface area contributed by atoms with E-state index in [1.807, 2.05) is 31.4 Å². The second-order valence-corrected chi connectivity index (χ2v) is 10.1. The molecule has 1 amide bonds. The quantitative estimate of drug-likeness (QED) is 0.194. The lowest BCUT2D eigenvalue weighted by Gasteiger charge is -2.10. The normalized spacial score (nSPS) is 10.8. The molecule has 35 heavy (non-hydrogen) atoms. The van der Waals surface area contributed by atoms with E-state index in [1.165, 1.54) is 23.1 Å². The molecule has 0 atom stereocenters. The number of aromatic nitrogens is 3. The molecule has 2 aromatic heterocycles. The number of nitrogens with zero attached hydrogens (tertiary/aromatic N) is 3. The lowest BCUT2D eigenvalue weighted by molar-refractivity contribution is -0.113. The van der Waals surface area contributed by atoms with E-state index in [2.05, 4.69) is 22.1 Å². The molecule has 0 aliphatic carbocycles. The van der Waals surface area contributed by atoms with Gasteiger partial charge in [0, 0.05) is 16.4 Å². The van der Waals surface area contributed by atoms with Crippen LogP contribution in [-0.4, -0.2) is 39.0 Å². The molecule has 3 aromatic rings. The van der Waals surface area contributed by atoms with Gasteiger partial charge in [-0.05, 0) is 57.0 Å². The van der Waals surface area contributed by atoms with Gasteiger partial charge in [0.2, 0.25) is 5.91 Å². The van der Waals surface area contributed by atoms with E-state index in [0.29, 0.717) is 38.9 Å². The monoisotopic (exact) mass is 534 g/mol. The Bertz CT molecular complexity index is 1240. The summed E-state index contributed by atoms with van der Waals surface area (Å²) in [5.41, 5.74) is 2.13. The van der Waals surface area contributed by atoms with Crippen LogP contribution in [0.5, 0.6) is 5.75 Å². The van der Waals surface area contributed by atoms with E-state index in [-0.39, 0.29) is 24.9 Å². The maximum absolute atomic E-state index is 12.7. The van der Waals surface area contributed by atoms with Crippen LogP contribution in [-0.2, 0) is 22.7 Å². The Morgan fingerprint density at radius 1 is 1.29 bits per heavy atom. The molecule has 0 bridgehead atoms. The zero-order valence-corrected chi connectivity index (χ0v) is 22.4. The van der Waals surface area contributed by atoms with Gasteiger partial charge in [-0.2, -0.15) is 0 Å². The number of nitrogens with one attached hydrogen (secondary N) is 1. The number of esters is 1. The maximum atomic E-state index is 12.7. The number of allylic oxidation sites excluding steroid dienone is 1. The van der Waals surface area contributed by atoms with Crippen LogP contribution < -0.4 is 10.1 Å². The highest BCUT2D eigenvalue weighted by Crippen LogP contribution is 2.33. The summed E-state index contributed by atoms with van der Waals surface area (Å²) in [6, 6.07) is 5.43. The molecule has 186 valence electrons. The predicted molar refractivity (Wildman–Crippen MR) is 140 cm³/mol. The molecule has 0 saturated heterocycles. The number of anilines is 1. The number of hydrogen-bond donors (Lipinski definition) is 1. The highest BCUT2D eigenvalue weighted by molar-refractivity contribution is 7.99. The van der Waals surface area contributed by atoms with Gasteiger partial charge in [-0.15, -0.1) is 28.1 Å². The largest absolute Gasteiger partial charge is 0.486 e. The summed E-state index contributed by atoms with van der Waals surface area (Å²) < 4.78 is 12.8. The number of thiophene rings is 1. The van der Waals surface area contributed by atoms with Gasteiger partial charge in [0.15, 0.2) is 11.0 Å². The minimum atomic E-state index is -0.441. The Morgan fingerprint density at radius 2 is 2.06 bits per heavy atom. The first kappa shape index (κ1) is 26.8. The predicted octanol–water partition coefficient (Wildman–Crippen LogP) is 5.59. The second kappa shape index (κ2) is 12.2. The van der Waals surface area contributed by atoms with Crippen LogP contribution in [0.4, 0.5) is 5.00 Å². The van der Waals surface area contributed by atoms with Gasteiger partial charge >= 0.3 is 5.97 Å². The Morgan fingerprint density at radius 3 is 2.74 bits per heavy atom. The summed E-state index contributed by atoms with van der Waals surface area (Å²) in [4.78, 5) is 26.0. The summed E-state index contributed by atoms with van der Waals surface area (Å²) in [6.45, 7) is 12.1. The van der Waals surface area contributed by atoms with E-state index < -0.39 is 5.97 Å². The van der Waals surface area contributed by atoms with Crippen molar-refractivity contribution in [2.75, 3.05) is 17.7 Å². The molecule has 0 radical (unpaired) electrons. The fraction of sp³-hybridized carbons (Fsp3) is 0.333. The average molecular weight is 535 g/mol. The third-order valence-electron chi connectivity index (χ3n) is 5.05. The fourth-order valence-electron chi connectivity index (χ4n) is 3.16. The van der Waals surface area contributed by atoms with Crippen molar-refractivity contribution >= 4 is 51.6 Å². The third kappa shape index (κ3) is 6.65. The number of halogens is 1. The molecule has 0 aliphatic rings. The number of amides is 1. The van der Waals surface area contributed by atoms with E-state index in [9.17, 15) is 9.59 Å². The Labute approximate surface area is 217 Å². The zero-order valence-electron chi connectivity index (χ0n) is 20.0. The van der Waals surface area contributed by atoms with Crippen LogP contribution in [0.3, 0.4) is 0 Å². The minimum absolute atomic E-state index is 0.0881. The summed E-state index contributed by atoms with van der Waals surface area (Å²) >= 11 is 8.67. The second-order valence-electron chi connectivity index (χ2n) is 7.54. The van der Waals surface area contributed by atoms with Gasteiger partial charge in [-0.3, -0.25) is 9.36 Å². The van der Waals surface area contributed by atoms with E-state index in [4.69, 9.17) is 21.1 Å². The fourth-order valence-corrected chi connectivity index (χ4v) is 5.11. The van der Waals surface area contributed by atoms with Crippen LogP contribution in [0.2, 0.25) is 5.02 Å². The van der Waals surface area contributed by atoms with Crippen molar-refractivity contribution in [2.45, 2.75) is 46.0 Å². The lowest BCUT2D eigenvalue weighted by atomic mass is 10.1. The van der Waals surface area contributed by atoms with Crippen molar-refractivity contribution in [1.82, 2.24) is 14.8 Å². The third-order valence-corrected chi connectivity index (χ3v) is 7.57. The maximum Gasteiger partial charge on any atom is 0.341 e. The smallest absolute Gasteiger partial charge is 0.341 e. The molecule has 1 N–H and O–H groups in total. The molecule has 2 heterocycles. The van der Waals surface area contributed by atoms with Crippen molar-refractivity contribution in [2.24, 2.45) is 0 Å². The zero-order chi connectivity index (χ0) is 25.5. The van der Waals surface area contributed by atoms with E-state index in [0.717, 1.165) is 16.0 Å². The number of rotatable bonds is 11. The molecule has 0 spiro atoms. The van der Waals surface area contributed by atoms with Crippen LogP contribution in [0, 0.1) is 20.8 Å². The van der Waals surface area contributed by atoms with Gasteiger partial charge < -0.3 is 14.8 Å². The van der Waals surface area contributed by atoms with Crippen LogP contribution >= 0.6 is 34.7 Å². The lowest BCUT2D eigenvalue weighted by Crippen LogP contribution is -2.17. The standard InChI is InChI=1S/C24H27ClN4O4S2/c1-6-10-29-19(12-33-17-8-9-18(25)14(3)11-17)27-28-24(29)34-13-20(30)26-22-21(23(31)32-7-2)15(4)16(5)35-22/h6,8-9,11H,1,7,10,12-13H2,2-5H3,(H,26,30). The van der Waals surface area contributed by atoms with Gasteiger partial charge in [0.1, 0.15) is 17.4 Å². The highest BCUT2D eigenvalue weighted by atomic mass is 35.5. The van der Waals surface area contributed by atoms with Gasteiger partial charge in [0.25, 0.3) is 0 Å². The van der Waals surface area contributed by atoms with Gasteiger partial charge in [-0.25, -0.2) is 4.79 Å². The first-order chi connectivity index (χ1) is 16.7. The highest BCUT2D eigenvalue weighted by Gasteiger charge is 2.22. The molecule has 0 unspecified atom stereocenters. The van der Waals surface area contributed by atoms with Crippen molar-refractivity contribution in [3.8, 4) is 5.75 Å². The number of carbonyl (C=O) groups excluding carboxylic acids is 2. The molecule has 11 heteroatoms. The summed E-state index contributed by atoms with van der Waals surface area (Å²) in [6.07, 6.45) is 1.73. The first-order valence-corrected chi connectivity index (χ1v) is 13.0. The summed E-state index contributed by atoms with van der Waals surface area (Å²) in [5.74, 6) is 0.667. The number of aryl methyl sites for hydroxylation is 2. The number of ether oxygens (including phenoxy) is 2. The number of thioether (sulfide) groups is 1. The van der Waals surface area contributed by atoms with Gasteiger partial charge in [-0.1, -0.05) is 29.4 Å². The van der Waals surface area contributed by atoms with Crippen LogP contribution in [0.25, 0.3) is 0 Å². The SMILES string of the molecule is C=CCn1c(COc2ccc(Cl)c(C)c2)nnc1SCC(=O)Nc1sc(C)c(C)c1C(=O)OCC. The summed E-state index contributed by atoms with van der Waals surface area (Å²) in [5, 5.41) is 13.0. The van der Waals surface area contributed by atoms with Crippen LogP contribution in [0.15, 0.2) is 36.0 Å². The topological polar surface area (TPSA) is 95.3 Å². The molecule has 0 aliphatic heterocycles. The van der Waals surface area contributed by atoms with Crippen LogP contribution in [0.1, 0.15) is 39.1 Å². The molecular weight excluding hydrogens is 508 g/mol. The Balaban J connectivity index is 1.66.